The molecule has 0 N–H and O–H groups in total. The van der Waals surface area contributed by atoms with Crippen LogP contribution in [0.3, 0.4) is 0 Å². The van der Waals surface area contributed by atoms with E-state index in [1.807, 2.05) is 6.92 Å². The van der Waals surface area contributed by atoms with Crippen molar-refractivity contribution in [3.63, 3.8) is 0 Å². The maximum atomic E-state index is 11.7. The summed E-state index contributed by atoms with van der Waals surface area (Å²) in [6.45, 7) is 12.8. The molecule has 2 heteroatoms. The summed E-state index contributed by atoms with van der Waals surface area (Å²) in [5.41, 5.74) is 0.281. The van der Waals surface area contributed by atoms with Crippen LogP contribution in [0.4, 0.5) is 0 Å². The Morgan fingerprint density at radius 2 is 1.50 bits per heavy atom. The van der Waals surface area contributed by atoms with Gasteiger partial charge >= 0.3 is 7.80 Å². The van der Waals surface area contributed by atoms with E-state index in [-0.39, 0.29) is 10.6 Å². The third-order valence-corrected chi connectivity index (χ3v) is 4.01. The quantitative estimate of drug-likeness (QED) is 0.612. The van der Waals surface area contributed by atoms with Gasteiger partial charge in [0.05, 0.1) is 0 Å². The monoisotopic (exact) mass is 189 g/mol. The molecule has 0 bridgehead atoms. The molecule has 0 aliphatic heterocycles. The average molecular weight is 189 g/mol. The van der Waals surface area contributed by atoms with Gasteiger partial charge in [-0.2, -0.15) is 0 Å². The first kappa shape index (κ1) is 12.1. The molecule has 0 heterocycles. The lowest BCUT2D eigenvalue weighted by Gasteiger charge is -2.24. The molecule has 0 aliphatic rings. The SMILES string of the molecule is CC[P+](=O)C(C)(C)CC(C)(C)C. The molecule has 0 aromatic heterocycles. The summed E-state index contributed by atoms with van der Waals surface area (Å²) < 4.78 is 11.7. The molecule has 1 unspecified atom stereocenters. The van der Waals surface area contributed by atoms with Crippen LogP contribution < -0.4 is 0 Å². The molecule has 1 nitrogen and oxygen atoms in total. The van der Waals surface area contributed by atoms with Crippen molar-refractivity contribution in [2.24, 2.45) is 5.41 Å². The Bertz CT molecular complexity index is 165. The van der Waals surface area contributed by atoms with Crippen LogP contribution in [-0.4, -0.2) is 11.3 Å². The van der Waals surface area contributed by atoms with Crippen LogP contribution in [0.5, 0.6) is 0 Å². The lowest BCUT2D eigenvalue weighted by molar-refractivity contribution is 0.331. The molecule has 72 valence electrons. The molecule has 0 saturated heterocycles. The summed E-state index contributed by atoms with van der Waals surface area (Å²) in [4.78, 5) is 0. The third kappa shape index (κ3) is 4.21. The van der Waals surface area contributed by atoms with Crippen LogP contribution in [0.1, 0.15) is 48.0 Å². The zero-order valence-corrected chi connectivity index (χ0v) is 10.2. The molecule has 0 rings (SSSR count). The Morgan fingerprint density at radius 3 is 1.75 bits per heavy atom. The number of hydrogen-bond donors (Lipinski definition) is 0. The van der Waals surface area contributed by atoms with Crippen LogP contribution in [0.2, 0.25) is 0 Å². The molecule has 0 aromatic carbocycles. The minimum atomic E-state index is -1.04. The molecule has 1 atom stereocenters. The Kier molecular flexibility index (Phi) is 3.90. The van der Waals surface area contributed by atoms with Crippen molar-refractivity contribution in [3.8, 4) is 0 Å². The lowest BCUT2D eigenvalue weighted by Crippen LogP contribution is -2.23. The Labute approximate surface area is 77.7 Å². The molecule has 0 spiro atoms. The molecule has 12 heavy (non-hydrogen) atoms. The van der Waals surface area contributed by atoms with Crippen LogP contribution >= 0.6 is 7.80 Å². The van der Waals surface area contributed by atoms with Crippen molar-refractivity contribution in [1.82, 2.24) is 0 Å². The minimum Gasteiger partial charge on any atom is -0.0742 e. The van der Waals surface area contributed by atoms with Gasteiger partial charge in [0.15, 0.2) is 5.16 Å². The number of hydrogen-bond acceptors (Lipinski definition) is 1. The van der Waals surface area contributed by atoms with Gasteiger partial charge in [0.25, 0.3) is 0 Å². The first-order chi connectivity index (χ1) is 5.19. The predicted molar refractivity (Wildman–Crippen MR) is 56.3 cm³/mol. The van der Waals surface area contributed by atoms with E-state index in [2.05, 4.69) is 34.6 Å². The summed E-state index contributed by atoms with van der Waals surface area (Å²) in [5, 5.41) is 0.00231. The van der Waals surface area contributed by atoms with Gasteiger partial charge in [-0.3, -0.25) is 0 Å². The van der Waals surface area contributed by atoms with E-state index in [0.717, 1.165) is 12.6 Å². The van der Waals surface area contributed by atoms with Crippen molar-refractivity contribution in [1.29, 1.82) is 0 Å². The normalized spacial score (nSPS) is 14.7. The van der Waals surface area contributed by atoms with E-state index >= 15 is 0 Å². The number of rotatable bonds is 3. The van der Waals surface area contributed by atoms with Gasteiger partial charge in [0, 0.05) is 6.42 Å². The van der Waals surface area contributed by atoms with E-state index in [0.29, 0.717) is 0 Å². The Morgan fingerprint density at radius 1 is 1.08 bits per heavy atom. The van der Waals surface area contributed by atoms with E-state index < -0.39 is 7.80 Å². The molecule has 0 saturated carbocycles. The fourth-order valence-electron chi connectivity index (χ4n) is 1.81. The molecule has 0 amide bonds. The Hall–Kier alpha value is 0.100. The topological polar surface area (TPSA) is 17.1 Å². The second-order valence-corrected chi connectivity index (χ2v) is 7.84. The zero-order valence-electron chi connectivity index (χ0n) is 9.27. The summed E-state index contributed by atoms with van der Waals surface area (Å²) in [7, 11) is -1.04. The molecule has 0 radical (unpaired) electrons. The molecule has 0 aromatic rings. The smallest absolute Gasteiger partial charge is 0.0742 e. The van der Waals surface area contributed by atoms with E-state index in [1.165, 1.54) is 0 Å². The highest BCUT2D eigenvalue weighted by Crippen LogP contribution is 2.45. The van der Waals surface area contributed by atoms with Crippen LogP contribution in [0, 0.1) is 5.41 Å². The maximum absolute atomic E-state index is 11.7. The summed E-state index contributed by atoms with van der Waals surface area (Å²) in [5.74, 6) is 0. The predicted octanol–water partition coefficient (Wildman–Crippen LogP) is 4.05. The van der Waals surface area contributed by atoms with Gasteiger partial charge in [-0.15, -0.1) is 0 Å². The fraction of sp³-hybridized carbons (Fsp3) is 1.00. The molecular formula is C10H22OP+. The second kappa shape index (κ2) is 3.87. The summed E-state index contributed by atoms with van der Waals surface area (Å²) in [6.07, 6.45) is 1.83. The third-order valence-electron chi connectivity index (χ3n) is 1.93. The molecule has 0 aliphatic carbocycles. The largest absolute Gasteiger partial charge is 0.344 e. The fourth-order valence-corrected chi connectivity index (χ4v) is 3.32. The maximum Gasteiger partial charge on any atom is 0.344 e. The summed E-state index contributed by atoms with van der Waals surface area (Å²) >= 11 is 0. The van der Waals surface area contributed by atoms with Gasteiger partial charge in [-0.1, -0.05) is 25.3 Å². The first-order valence-electron chi connectivity index (χ1n) is 4.64. The second-order valence-electron chi connectivity index (χ2n) is 5.24. The highest BCUT2D eigenvalue weighted by atomic mass is 31.1. The van der Waals surface area contributed by atoms with Gasteiger partial charge in [0.1, 0.15) is 6.16 Å². The van der Waals surface area contributed by atoms with Crippen molar-refractivity contribution < 1.29 is 4.57 Å². The van der Waals surface area contributed by atoms with E-state index in [9.17, 15) is 4.57 Å². The van der Waals surface area contributed by atoms with Crippen molar-refractivity contribution in [3.05, 3.63) is 0 Å². The minimum absolute atomic E-state index is 0.00231. The first-order valence-corrected chi connectivity index (χ1v) is 6.08. The van der Waals surface area contributed by atoms with Crippen molar-refractivity contribution in [2.75, 3.05) is 6.16 Å². The zero-order chi connectivity index (χ0) is 9.99. The molecular weight excluding hydrogens is 167 g/mol. The highest BCUT2D eigenvalue weighted by Gasteiger charge is 2.40. The van der Waals surface area contributed by atoms with Crippen LogP contribution in [-0.2, 0) is 4.57 Å². The van der Waals surface area contributed by atoms with E-state index in [4.69, 9.17) is 0 Å². The van der Waals surface area contributed by atoms with Crippen LogP contribution in [0.25, 0.3) is 0 Å². The van der Waals surface area contributed by atoms with Gasteiger partial charge < -0.3 is 0 Å². The van der Waals surface area contributed by atoms with Gasteiger partial charge in [-0.25, -0.2) is 0 Å². The average Bonchev–Trinajstić information content (AvgIpc) is 1.80. The molecule has 0 fully saturated rings. The van der Waals surface area contributed by atoms with Crippen LogP contribution in [0.15, 0.2) is 0 Å². The Balaban J connectivity index is 4.32. The lowest BCUT2D eigenvalue weighted by atomic mass is 9.86. The summed E-state index contributed by atoms with van der Waals surface area (Å²) in [6, 6.07) is 0. The van der Waals surface area contributed by atoms with Crippen molar-refractivity contribution >= 4 is 7.80 Å². The van der Waals surface area contributed by atoms with Gasteiger partial charge in [-0.05, 0) is 26.2 Å². The van der Waals surface area contributed by atoms with Gasteiger partial charge in [0.2, 0.25) is 0 Å². The van der Waals surface area contributed by atoms with E-state index in [1.54, 1.807) is 0 Å². The van der Waals surface area contributed by atoms with Crippen molar-refractivity contribution in [2.45, 2.75) is 53.1 Å². The standard InChI is InChI=1S/C10H22OP/c1-7-12(11)10(5,6)8-9(2,3)4/h7-8H2,1-6H3/q+1. The highest BCUT2D eigenvalue weighted by molar-refractivity contribution is 7.46.